The molecule has 0 aromatic carbocycles. The minimum atomic E-state index is -0.685. The standard InChI is InChI=1S/C16H27N5O3/c22-13(18-8-12-20-10-6-17-7-11-20)3-9-21-14(23)16(19-15(21)24)4-1-2-5-16/h17H,1-12H2,(H,18,22)(H,19,24). The number of imide groups is 1. The molecule has 0 aromatic heterocycles. The van der Waals surface area contributed by atoms with Gasteiger partial charge in [0.25, 0.3) is 5.91 Å². The highest BCUT2D eigenvalue weighted by atomic mass is 16.2. The smallest absolute Gasteiger partial charge is 0.325 e. The molecule has 134 valence electrons. The molecule has 0 bridgehead atoms. The summed E-state index contributed by atoms with van der Waals surface area (Å²) in [6, 6.07) is -0.351. The van der Waals surface area contributed by atoms with Crippen molar-refractivity contribution in [3.05, 3.63) is 0 Å². The van der Waals surface area contributed by atoms with E-state index in [9.17, 15) is 14.4 Å². The van der Waals surface area contributed by atoms with Gasteiger partial charge in [-0.2, -0.15) is 0 Å². The van der Waals surface area contributed by atoms with Crippen LogP contribution in [0.2, 0.25) is 0 Å². The van der Waals surface area contributed by atoms with Crippen molar-refractivity contribution in [2.45, 2.75) is 37.6 Å². The largest absolute Gasteiger partial charge is 0.355 e. The molecule has 3 fully saturated rings. The highest BCUT2D eigenvalue weighted by Crippen LogP contribution is 2.34. The van der Waals surface area contributed by atoms with Crippen molar-refractivity contribution in [2.75, 3.05) is 45.8 Å². The van der Waals surface area contributed by atoms with Crippen LogP contribution in [0.25, 0.3) is 0 Å². The Kier molecular flexibility index (Phi) is 5.35. The molecule has 4 amide bonds. The van der Waals surface area contributed by atoms with Crippen LogP contribution >= 0.6 is 0 Å². The third-order valence-corrected chi connectivity index (χ3v) is 5.23. The molecular formula is C16H27N5O3. The first kappa shape index (κ1) is 17.2. The van der Waals surface area contributed by atoms with Crippen molar-refractivity contribution in [1.82, 2.24) is 25.8 Å². The van der Waals surface area contributed by atoms with Crippen LogP contribution in [0.4, 0.5) is 4.79 Å². The van der Waals surface area contributed by atoms with Crippen LogP contribution in [0.1, 0.15) is 32.1 Å². The Labute approximate surface area is 142 Å². The van der Waals surface area contributed by atoms with Gasteiger partial charge in [0.1, 0.15) is 5.54 Å². The number of carbonyl (C=O) groups excluding carboxylic acids is 3. The van der Waals surface area contributed by atoms with Gasteiger partial charge >= 0.3 is 6.03 Å². The van der Waals surface area contributed by atoms with Crippen LogP contribution in [0.3, 0.4) is 0 Å². The third-order valence-electron chi connectivity index (χ3n) is 5.23. The molecule has 3 N–H and O–H groups in total. The number of piperazine rings is 1. The summed E-state index contributed by atoms with van der Waals surface area (Å²) in [6.45, 7) is 5.57. The summed E-state index contributed by atoms with van der Waals surface area (Å²) in [5.41, 5.74) is -0.685. The van der Waals surface area contributed by atoms with Crippen molar-refractivity contribution < 1.29 is 14.4 Å². The van der Waals surface area contributed by atoms with Crippen molar-refractivity contribution in [3.8, 4) is 0 Å². The predicted molar refractivity (Wildman–Crippen MR) is 88.4 cm³/mol. The lowest BCUT2D eigenvalue weighted by Crippen LogP contribution is -2.46. The lowest BCUT2D eigenvalue weighted by molar-refractivity contribution is -0.131. The monoisotopic (exact) mass is 337 g/mol. The predicted octanol–water partition coefficient (Wildman–Crippen LogP) is -0.737. The normalized spacial score (nSPS) is 23.8. The molecule has 8 nitrogen and oxygen atoms in total. The minimum Gasteiger partial charge on any atom is -0.355 e. The Morgan fingerprint density at radius 1 is 1.12 bits per heavy atom. The van der Waals surface area contributed by atoms with Crippen LogP contribution in [0.5, 0.6) is 0 Å². The summed E-state index contributed by atoms with van der Waals surface area (Å²) in [6.07, 6.45) is 3.52. The number of hydrogen-bond acceptors (Lipinski definition) is 5. The van der Waals surface area contributed by atoms with Crippen LogP contribution in [-0.4, -0.2) is 79.0 Å². The topological polar surface area (TPSA) is 93.8 Å². The van der Waals surface area contributed by atoms with Crippen LogP contribution in [-0.2, 0) is 9.59 Å². The number of carbonyl (C=O) groups is 3. The molecule has 24 heavy (non-hydrogen) atoms. The van der Waals surface area contributed by atoms with Gasteiger partial charge in [-0.05, 0) is 12.8 Å². The number of hydrogen-bond donors (Lipinski definition) is 3. The Hall–Kier alpha value is -1.67. The molecule has 3 aliphatic rings. The zero-order valence-electron chi connectivity index (χ0n) is 14.1. The van der Waals surface area contributed by atoms with Gasteiger partial charge < -0.3 is 16.0 Å². The van der Waals surface area contributed by atoms with Crippen LogP contribution < -0.4 is 16.0 Å². The van der Waals surface area contributed by atoms with Gasteiger partial charge in [0.15, 0.2) is 0 Å². The van der Waals surface area contributed by atoms with Gasteiger partial charge in [-0.1, -0.05) is 12.8 Å². The van der Waals surface area contributed by atoms with E-state index in [2.05, 4.69) is 20.9 Å². The van der Waals surface area contributed by atoms with E-state index in [0.717, 1.165) is 45.6 Å². The van der Waals surface area contributed by atoms with Gasteiger partial charge in [-0.15, -0.1) is 0 Å². The van der Waals surface area contributed by atoms with Gasteiger partial charge in [-0.25, -0.2) is 4.79 Å². The van der Waals surface area contributed by atoms with Crippen molar-refractivity contribution in [2.24, 2.45) is 0 Å². The maximum atomic E-state index is 12.5. The maximum absolute atomic E-state index is 12.5. The van der Waals surface area contributed by atoms with Crippen molar-refractivity contribution in [3.63, 3.8) is 0 Å². The van der Waals surface area contributed by atoms with E-state index >= 15 is 0 Å². The average molecular weight is 337 g/mol. The number of amides is 4. The first-order chi connectivity index (χ1) is 11.6. The molecule has 2 saturated heterocycles. The second kappa shape index (κ2) is 7.48. The van der Waals surface area contributed by atoms with Crippen molar-refractivity contribution >= 4 is 17.8 Å². The molecule has 1 saturated carbocycles. The van der Waals surface area contributed by atoms with E-state index in [-0.39, 0.29) is 30.8 Å². The summed E-state index contributed by atoms with van der Waals surface area (Å²) in [7, 11) is 0. The molecule has 8 heteroatoms. The summed E-state index contributed by atoms with van der Waals surface area (Å²) >= 11 is 0. The molecular weight excluding hydrogens is 310 g/mol. The zero-order valence-corrected chi connectivity index (χ0v) is 14.1. The van der Waals surface area contributed by atoms with E-state index in [4.69, 9.17) is 0 Å². The van der Waals surface area contributed by atoms with E-state index in [0.29, 0.717) is 19.4 Å². The van der Waals surface area contributed by atoms with E-state index in [1.165, 1.54) is 4.90 Å². The number of nitrogens with one attached hydrogen (secondary N) is 3. The summed E-state index contributed by atoms with van der Waals surface area (Å²) in [5.74, 6) is -0.267. The zero-order chi connectivity index (χ0) is 17.0. The van der Waals surface area contributed by atoms with E-state index in [1.54, 1.807) is 0 Å². The lowest BCUT2D eigenvalue weighted by Gasteiger charge is -2.27. The molecule has 2 heterocycles. The Morgan fingerprint density at radius 2 is 1.83 bits per heavy atom. The van der Waals surface area contributed by atoms with Crippen LogP contribution in [0, 0.1) is 0 Å². The average Bonchev–Trinajstić information content (AvgIpc) is 3.13. The highest BCUT2D eigenvalue weighted by Gasteiger charge is 2.52. The van der Waals surface area contributed by atoms with E-state index < -0.39 is 5.54 Å². The first-order valence-electron chi connectivity index (χ1n) is 8.95. The lowest BCUT2D eigenvalue weighted by atomic mass is 9.98. The number of urea groups is 1. The molecule has 2 aliphatic heterocycles. The molecule has 3 rings (SSSR count). The third kappa shape index (κ3) is 3.70. The second-order valence-electron chi connectivity index (χ2n) is 6.87. The van der Waals surface area contributed by atoms with Gasteiger partial charge in [-0.3, -0.25) is 19.4 Å². The number of rotatable bonds is 6. The molecule has 1 spiro atoms. The van der Waals surface area contributed by atoms with Gasteiger partial charge in [0.05, 0.1) is 0 Å². The summed E-state index contributed by atoms with van der Waals surface area (Å²) in [4.78, 5) is 40.0. The van der Waals surface area contributed by atoms with Crippen molar-refractivity contribution in [1.29, 1.82) is 0 Å². The SMILES string of the molecule is O=C(CCN1C(=O)NC2(CCCC2)C1=O)NCCN1CCNCC1. The Bertz CT molecular complexity index is 498. The fourth-order valence-electron chi connectivity index (χ4n) is 3.79. The quantitative estimate of drug-likeness (QED) is 0.555. The fraction of sp³-hybridized carbons (Fsp3) is 0.812. The second-order valence-corrected chi connectivity index (χ2v) is 6.87. The Balaban J connectivity index is 1.38. The van der Waals surface area contributed by atoms with E-state index in [1.807, 2.05) is 0 Å². The summed E-state index contributed by atoms with van der Waals surface area (Å²) in [5, 5.41) is 9.00. The van der Waals surface area contributed by atoms with Gasteiger partial charge in [0.2, 0.25) is 5.91 Å². The minimum absolute atomic E-state index is 0.113. The van der Waals surface area contributed by atoms with Crippen LogP contribution in [0.15, 0.2) is 0 Å². The number of nitrogens with zero attached hydrogens (tertiary/aromatic N) is 2. The molecule has 0 aromatic rings. The summed E-state index contributed by atoms with van der Waals surface area (Å²) < 4.78 is 0. The fourth-order valence-corrected chi connectivity index (χ4v) is 3.79. The molecule has 1 aliphatic carbocycles. The Morgan fingerprint density at radius 3 is 2.54 bits per heavy atom. The highest BCUT2D eigenvalue weighted by molar-refractivity contribution is 6.07. The molecule has 0 unspecified atom stereocenters. The first-order valence-corrected chi connectivity index (χ1v) is 8.95. The molecule has 0 atom stereocenters. The molecule has 0 radical (unpaired) electrons. The maximum Gasteiger partial charge on any atom is 0.325 e. The van der Waals surface area contributed by atoms with Gasteiger partial charge in [0, 0.05) is 52.2 Å².